The van der Waals surface area contributed by atoms with E-state index < -0.39 is 0 Å². The van der Waals surface area contributed by atoms with Crippen LogP contribution >= 0.6 is 15.9 Å². The molecule has 1 aromatic heterocycles. The third-order valence-electron chi connectivity index (χ3n) is 2.13. The molecule has 2 heterocycles. The molecule has 0 saturated carbocycles. The second-order valence-corrected chi connectivity index (χ2v) is 4.10. The maximum absolute atomic E-state index is 11.5. The van der Waals surface area contributed by atoms with E-state index in [2.05, 4.69) is 20.9 Å². The maximum Gasteiger partial charge on any atom is 0.229 e. The predicted molar refractivity (Wildman–Crippen MR) is 56.9 cm³/mol. The zero-order chi connectivity index (χ0) is 10.1. The van der Waals surface area contributed by atoms with Crippen molar-refractivity contribution in [1.29, 1.82) is 0 Å². The number of hydrogen-bond donors (Lipinski definition) is 1. The van der Waals surface area contributed by atoms with Gasteiger partial charge in [0.15, 0.2) is 0 Å². The summed E-state index contributed by atoms with van der Waals surface area (Å²) in [5.74, 6) is 0.709. The van der Waals surface area contributed by atoms with Crippen LogP contribution in [0.1, 0.15) is 6.42 Å². The molecular weight excluding hydrogens is 246 g/mol. The van der Waals surface area contributed by atoms with Crippen molar-refractivity contribution in [2.24, 2.45) is 5.73 Å². The number of pyridine rings is 1. The monoisotopic (exact) mass is 255 g/mol. The normalized spacial score (nSPS) is 21.7. The third-order valence-corrected chi connectivity index (χ3v) is 2.57. The number of halogens is 1. The highest BCUT2D eigenvalue weighted by molar-refractivity contribution is 9.10. The van der Waals surface area contributed by atoms with Gasteiger partial charge in [-0.05, 0) is 28.1 Å². The highest BCUT2D eigenvalue weighted by Crippen LogP contribution is 2.20. The second kappa shape index (κ2) is 3.67. The molecule has 4 nitrogen and oxygen atoms in total. The lowest BCUT2D eigenvalue weighted by molar-refractivity contribution is -0.117. The summed E-state index contributed by atoms with van der Waals surface area (Å²) in [6.07, 6.45) is 0.411. The molecule has 0 bridgehead atoms. The Hall–Kier alpha value is -0.940. The molecule has 1 aromatic rings. The van der Waals surface area contributed by atoms with Gasteiger partial charge in [0, 0.05) is 19.0 Å². The Morgan fingerprint density at radius 2 is 2.36 bits per heavy atom. The van der Waals surface area contributed by atoms with Crippen LogP contribution in [-0.4, -0.2) is 23.5 Å². The molecule has 0 aromatic carbocycles. The fourth-order valence-corrected chi connectivity index (χ4v) is 1.84. The number of rotatable bonds is 1. The molecule has 1 fully saturated rings. The number of nitrogens with two attached hydrogens (primary N) is 1. The molecule has 2 N–H and O–H groups in total. The first-order valence-corrected chi connectivity index (χ1v) is 5.14. The maximum atomic E-state index is 11.5. The van der Waals surface area contributed by atoms with E-state index in [9.17, 15) is 4.79 Å². The fraction of sp³-hybridized carbons (Fsp3) is 0.333. The summed E-state index contributed by atoms with van der Waals surface area (Å²) < 4.78 is 0.725. The van der Waals surface area contributed by atoms with Crippen LogP contribution in [0.25, 0.3) is 0 Å². The lowest BCUT2D eigenvalue weighted by atomic mass is 10.3. The first-order valence-electron chi connectivity index (χ1n) is 4.35. The van der Waals surface area contributed by atoms with Crippen LogP contribution in [0.4, 0.5) is 5.82 Å². The molecule has 1 saturated heterocycles. The predicted octanol–water partition coefficient (Wildman–Crippen LogP) is 0.908. The number of amides is 1. The van der Waals surface area contributed by atoms with Crippen molar-refractivity contribution in [2.75, 3.05) is 11.4 Å². The minimum Gasteiger partial charge on any atom is -0.326 e. The number of anilines is 1. The average molecular weight is 256 g/mol. The van der Waals surface area contributed by atoms with Crippen molar-refractivity contribution in [1.82, 2.24) is 4.98 Å². The Morgan fingerprint density at radius 3 is 2.93 bits per heavy atom. The Morgan fingerprint density at radius 1 is 1.57 bits per heavy atom. The molecule has 1 unspecified atom stereocenters. The van der Waals surface area contributed by atoms with Crippen molar-refractivity contribution < 1.29 is 4.79 Å². The van der Waals surface area contributed by atoms with Crippen molar-refractivity contribution in [2.45, 2.75) is 12.5 Å². The second-order valence-electron chi connectivity index (χ2n) is 3.29. The molecule has 1 aliphatic heterocycles. The van der Waals surface area contributed by atoms with Crippen molar-refractivity contribution in [3.8, 4) is 0 Å². The van der Waals surface area contributed by atoms with Crippen LogP contribution in [0.15, 0.2) is 22.8 Å². The van der Waals surface area contributed by atoms with E-state index in [0.29, 0.717) is 18.8 Å². The Balaban J connectivity index is 2.27. The number of hydrogen-bond acceptors (Lipinski definition) is 3. The Labute approximate surface area is 90.2 Å². The molecule has 0 radical (unpaired) electrons. The summed E-state index contributed by atoms with van der Waals surface area (Å²) in [5, 5.41) is 0. The highest BCUT2D eigenvalue weighted by atomic mass is 79.9. The summed E-state index contributed by atoms with van der Waals surface area (Å²) in [6.45, 7) is 0.558. The van der Waals surface area contributed by atoms with Gasteiger partial charge >= 0.3 is 0 Å². The summed E-state index contributed by atoms with van der Waals surface area (Å²) in [5.41, 5.74) is 5.69. The lowest BCUT2D eigenvalue weighted by Crippen LogP contribution is -2.28. The van der Waals surface area contributed by atoms with Gasteiger partial charge in [-0.3, -0.25) is 9.69 Å². The quantitative estimate of drug-likeness (QED) is 0.760. The van der Waals surface area contributed by atoms with Crippen molar-refractivity contribution in [3.05, 3.63) is 22.8 Å². The molecule has 0 spiro atoms. The van der Waals surface area contributed by atoms with Gasteiger partial charge in [0.25, 0.3) is 0 Å². The first-order chi connectivity index (χ1) is 6.66. The van der Waals surface area contributed by atoms with E-state index in [4.69, 9.17) is 5.73 Å². The van der Waals surface area contributed by atoms with Gasteiger partial charge in [-0.2, -0.15) is 0 Å². The van der Waals surface area contributed by atoms with E-state index in [1.807, 2.05) is 12.1 Å². The van der Waals surface area contributed by atoms with Gasteiger partial charge in [0.1, 0.15) is 10.4 Å². The molecule has 1 amide bonds. The van der Waals surface area contributed by atoms with Gasteiger partial charge < -0.3 is 5.73 Å². The van der Waals surface area contributed by atoms with Crippen LogP contribution in [-0.2, 0) is 4.79 Å². The van der Waals surface area contributed by atoms with Gasteiger partial charge in [0.05, 0.1) is 0 Å². The van der Waals surface area contributed by atoms with E-state index in [1.54, 1.807) is 11.0 Å². The zero-order valence-corrected chi connectivity index (χ0v) is 9.07. The molecule has 1 aliphatic rings. The summed E-state index contributed by atoms with van der Waals surface area (Å²) >= 11 is 3.26. The highest BCUT2D eigenvalue weighted by Gasteiger charge is 2.28. The number of aromatic nitrogens is 1. The van der Waals surface area contributed by atoms with Crippen LogP contribution in [0.5, 0.6) is 0 Å². The fourth-order valence-electron chi connectivity index (χ4n) is 1.50. The summed E-state index contributed by atoms with van der Waals surface area (Å²) in [7, 11) is 0. The zero-order valence-electron chi connectivity index (χ0n) is 7.48. The van der Waals surface area contributed by atoms with Gasteiger partial charge in [-0.25, -0.2) is 4.98 Å². The summed E-state index contributed by atoms with van der Waals surface area (Å²) in [4.78, 5) is 17.3. The molecule has 1 atom stereocenters. The van der Waals surface area contributed by atoms with E-state index in [1.165, 1.54) is 0 Å². The molecule has 14 heavy (non-hydrogen) atoms. The molecule has 0 aliphatic carbocycles. The molecule has 5 heteroatoms. The topological polar surface area (TPSA) is 59.2 Å². The van der Waals surface area contributed by atoms with E-state index in [-0.39, 0.29) is 11.9 Å². The number of carbonyl (C=O) groups is 1. The van der Waals surface area contributed by atoms with Crippen LogP contribution < -0.4 is 10.6 Å². The van der Waals surface area contributed by atoms with E-state index >= 15 is 0 Å². The standard InChI is InChI=1S/C9H10BrN3O/c10-7-2-1-3-8(12-7)13-5-6(11)4-9(13)14/h1-3,6H,4-5,11H2. The van der Waals surface area contributed by atoms with Crippen LogP contribution in [0.2, 0.25) is 0 Å². The van der Waals surface area contributed by atoms with Gasteiger partial charge in [-0.1, -0.05) is 6.07 Å². The largest absolute Gasteiger partial charge is 0.326 e. The number of carbonyl (C=O) groups excluding carboxylic acids is 1. The van der Waals surface area contributed by atoms with E-state index in [0.717, 1.165) is 4.60 Å². The van der Waals surface area contributed by atoms with Crippen LogP contribution in [0, 0.1) is 0 Å². The van der Waals surface area contributed by atoms with Gasteiger partial charge in [-0.15, -0.1) is 0 Å². The van der Waals surface area contributed by atoms with Crippen molar-refractivity contribution in [3.63, 3.8) is 0 Å². The SMILES string of the molecule is NC1CC(=O)N(c2cccc(Br)n2)C1. The smallest absolute Gasteiger partial charge is 0.229 e. The van der Waals surface area contributed by atoms with Gasteiger partial charge in [0.2, 0.25) is 5.91 Å². The molecular formula is C9H10BrN3O. The summed E-state index contributed by atoms with van der Waals surface area (Å²) in [6, 6.07) is 5.41. The molecule has 74 valence electrons. The lowest BCUT2D eigenvalue weighted by Gasteiger charge is -2.14. The van der Waals surface area contributed by atoms with Crippen LogP contribution in [0.3, 0.4) is 0 Å². The van der Waals surface area contributed by atoms with Crippen molar-refractivity contribution >= 4 is 27.7 Å². The average Bonchev–Trinajstić information content (AvgIpc) is 2.45. The Kier molecular flexibility index (Phi) is 2.52. The minimum absolute atomic E-state index is 0.0445. The molecule has 2 rings (SSSR count). The first kappa shape index (κ1) is 9.61. The number of nitrogens with zero attached hydrogens (tertiary/aromatic N) is 2. The Bertz CT molecular complexity index is 369. The third kappa shape index (κ3) is 1.78. The minimum atomic E-state index is -0.0664.